The molecule has 4 nitrogen and oxygen atoms in total. The number of benzene rings is 2. The van der Waals surface area contributed by atoms with Crippen molar-refractivity contribution >= 4 is 12.8 Å². The molecule has 0 aliphatic carbocycles. The van der Waals surface area contributed by atoms with E-state index in [1.807, 2.05) is 78.9 Å². The summed E-state index contributed by atoms with van der Waals surface area (Å²) in [6, 6.07) is 24.7. The van der Waals surface area contributed by atoms with Crippen LogP contribution >= 0.6 is 7.52 Å². The fourth-order valence-corrected chi connectivity index (χ4v) is 3.96. The number of rotatable bonds is 7. The molecule has 0 aliphatic rings. The molecule has 24 heavy (non-hydrogen) atoms. The molecule has 0 spiro atoms. The van der Waals surface area contributed by atoms with Gasteiger partial charge in [-0.05, 0) is 29.8 Å². The van der Waals surface area contributed by atoms with Crippen LogP contribution in [0.3, 0.4) is 0 Å². The van der Waals surface area contributed by atoms with Gasteiger partial charge in [0.2, 0.25) is 0 Å². The Hall–Kier alpha value is -2.26. The van der Waals surface area contributed by atoms with E-state index in [-0.39, 0.29) is 6.61 Å². The average molecular weight is 338 g/mol. The van der Waals surface area contributed by atoms with Crippen LogP contribution in [0.1, 0.15) is 11.3 Å². The second-order valence-electron chi connectivity index (χ2n) is 5.30. The first-order valence-corrected chi connectivity index (χ1v) is 9.38. The lowest BCUT2D eigenvalue weighted by molar-refractivity contribution is 0.297. The van der Waals surface area contributed by atoms with Gasteiger partial charge in [0.25, 0.3) is 7.52 Å². The molecule has 1 aromatic heterocycles. The van der Waals surface area contributed by atoms with Crippen LogP contribution in [0, 0.1) is 0 Å². The van der Waals surface area contributed by atoms with Crippen LogP contribution in [-0.4, -0.2) is 4.98 Å². The number of hydrogen-bond donors (Lipinski definition) is 1. The predicted octanol–water partition coefficient (Wildman–Crippen LogP) is 3.91. The third-order valence-electron chi connectivity index (χ3n) is 3.55. The molecule has 1 N–H and O–H groups in total. The van der Waals surface area contributed by atoms with Crippen molar-refractivity contribution in [1.29, 1.82) is 0 Å². The minimum Gasteiger partial charge on any atom is -0.308 e. The first kappa shape index (κ1) is 16.6. The number of pyridine rings is 1. The molecule has 0 aliphatic heterocycles. The lowest BCUT2D eigenvalue weighted by atomic mass is 10.2. The standard InChI is InChI=1S/C19H19N2O2P/c22-24(19-12-5-2-6-13-19,21-15-17-9-3-1-4-10-17)23-16-18-11-7-8-14-20-18/h1-14H,15-16H2,(H,21,22). The Morgan fingerprint density at radius 1 is 0.875 bits per heavy atom. The SMILES string of the molecule is O=P(NCc1ccccc1)(OCc1ccccn1)c1ccccc1. The first-order valence-electron chi connectivity index (χ1n) is 7.75. The van der Waals surface area contributed by atoms with E-state index in [0.717, 1.165) is 11.3 Å². The highest BCUT2D eigenvalue weighted by molar-refractivity contribution is 7.65. The van der Waals surface area contributed by atoms with E-state index in [9.17, 15) is 4.57 Å². The summed E-state index contributed by atoms with van der Waals surface area (Å²) in [5, 5.41) is 3.75. The Balaban J connectivity index is 1.77. The molecule has 1 heterocycles. The molecule has 1 atom stereocenters. The number of nitrogens with one attached hydrogen (secondary N) is 1. The largest absolute Gasteiger partial charge is 0.308 e. The van der Waals surface area contributed by atoms with Crippen molar-refractivity contribution in [2.24, 2.45) is 0 Å². The summed E-state index contributed by atoms with van der Waals surface area (Å²) in [5.74, 6) is 0. The van der Waals surface area contributed by atoms with Gasteiger partial charge in [0.05, 0.1) is 17.6 Å². The minimum atomic E-state index is -3.19. The lowest BCUT2D eigenvalue weighted by Crippen LogP contribution is -2.21. The van der Waals surface area contributed by atoms with Crippen LogP contribution in [0.15, 0.2) is 85.1 Å². The fourth-order valence-electron chi connectivity index (χ4n) is 2.27. The fraction of sp³-hybridized carbons (Fsp3) is 0.105. The average Bonchev–Trinajstić information content (AvgIpc) is 2.67. The second kappa shape index (κ2) is 8.02. The van der Waals surface area contributed by atoms with Gasteiger partial charge in [0, 0.05) is 12.7 Å². The maximum atomic E-state index is 13.4. The van der Waals surface area contributed by atoms with Crippen molar-refractivity contribution in [3.05, 3.63) is 96.3 Å². The van der Waals surface area contributed by atoms with E-state index in [2.05, 4.69) is 10.1 Å². The van der Waals surface area contributed by atoms with Gasteiger partial charge in [-0.25, -0.2) is 5.09 Å². The molecule has 0 saturated heterocycles. The molecule has 0 bridgehead atoms. The molecule has 1 unspecified atom stereocenters. The quantitative estimate of drug-likeness (QED) is 0.664. The molecule has 0 amide bonds. The van der Waals surface area contributed by atoms with Crippen molar-refractivity contribution in [2.45, 2.75) is 13.2 Å². The molecule has 0 saturated carbocycles. The summed E-state index contributed by atoms with van der Waals surface area (Å²) in [7, 11) is -3.19. The Morgan fingerprint density at radius 3 is 2.21 bits per heavy atom. The highest BCUT2D eigenvalue weighted by Crippen LogP contribution is 2.42. The number of hydrogen-bond acceptors (Lipinski definition) is 3. The van der Waals surface area contributed by atoms with Crippen LogP contribution in [0.2, 0.25) is 0 Å². The second-order valence-corrected chi connectivity index (χ2v) is 7.50. The highest BCUT2D eigenvalue weighted by Gasteiger charge is 2.25. The minimum absolute atomic E-state index is 0.189. The molecule has 0 fully saturated rings. The third kappa shape index (κ3) is 4.39. The summed E-state index contributed by atoms with van der Waals surface area (Å²) in [4.78, 5) is 4.22. The molecule has 122 valence electrons. The molecular weight excluding hydrogens is 319 g/mol. The van der Waals surface area contributed by atoms with Gasteiger partial charge in [-0.3, -0.25) is 9.55 Å². The topological polar surface area (TPSA) is 51.2 Å². The van der Waals surface area contributed by atoms with Crippen LogP contribution in [0.25, 0.3) is 0 Å². The zero-order valence-electron chi connectivity index (χ0n) is 13.2. The van der Waals surface area contributed by atoms with Crippen molar-refractivity contribution in [3.63, 3.8) is 0 Å². The maximum absolute atomic E-state index is 13.4. The molecular formula is C19H19N2O2P. The Morgan fingerprint density at radius 2 is 1.54 bits per heavy atom. The van der Waals surface area contributed by atoms with Crippen molar-refractivity contribution in [1.82, 2.24) is 10.1 Å². The zero-order valence-corrected chi connectivity index (χ0v) is 14.1. The summed E-state index contributed by atoms with van der Waals surface area (Å²) in [5.41, 5.74) is 1.80. The van der Waals surface area contributed by atoms with Gasteiger partial charge in [0.1, 0.15) is 0 Å². The Labute approximate surface area is 142 Å². The van der Waals surface area contributed by atoms with Crippen LogP contribution < -0.4 is 10.4 Å². The maximum Gasteiger partial charge on any atom is 0.300 e. The molecule has 3 rings (SSSR count). The smallest absolute Gasteiger partial charge is 0.300 e. The van der Waals surface area contributed by atoms with Gasteiger partial charge in [-0.15, -0.1) is 0 Å². The zero-order chi connectivity index (χ0) is 16.7. The Bertz CT molecular complexity index is 748. The van der Waals surface area contributed by atoms with Gasteiger partial charge in [-0.2, -0.15) is 0 Å². The van der Waals surface area contributed by atoms with E-state index < -0.39 is 7.52 Å². The third-order valence-corrected chi connectivity index (χ3v) is 5.60. The monoisotopic (exact) mass is 338 g/mol. The summed E-state index contributed by atoms with van der Waals surface area (Å²) >= 11 is 0. The van der Waals surface area contributed by atoms with Gasteiger partial charge in [-0.1, -0.05) is 54.6 Å². The predicted molar refractivity (Wildman–Crippen MR) is 96.0 cm³/mol. The summed E-state index contributed by atoms with van der Waals surface area (Å²) in [6.45, 7) is 0.657. The summed E-state index contributed by atoms with van der Waals surface area (Å²) in [6.07, 6.45) is 1.70. The molecule has 5 heteroatoms. The highest BCUT2D eigenvalue weighted by atomic mass is 31.2. The van der Waals surface area contributed by atoms with Gasteiger partial charge in [0.15, 0.2) is 0 Å². The van der Waals surface area contributed by atoms with Crippen LogP contribution in [-0.2, 0) is 22.2 Å². The van der Waals surface area contributed by atoms with E-state index in [1.165, 1.54) is 0 Å². The van der Waals surface area contributed by atoms with Gasteiger partial charge < -0.3 is 4.52 Å². The normalized spacial score (nSPS) is 13.3. The van der Waals surface area contributed by atoms with E-state index in [1.54, 1.807) is 6.20 Å². The van der Waals surface area contributed by atoms with Crippen molar-refractivity contribution in [3.8, 4) is 0 Å². The van der Waals surface area contributed by atoms with Crippen LogP contribution in [0.5, 0.6) is 0 Å². The number of aromatic nitrogens is 1. The van der Waals surface area contributed by atoms with Crippen molar-refractivity contribution in [2.75, 3.05) is 0 Å². The molecule has 0 radical (unpaired) electrons. The molecule has 2 aromatic carbocycles. The molecule has 3 aromatic rings. The number of nitrogens with zero attached hydrogens (tertiary/aromatic N) is 1. The van der Waals surface area contributed by atoms with Gasteiger partial charge >= 0.3 is 0 Å². The van der Waals surface area contributed by atoms with E-state index >= 15 is 0 Å². The van der Waals surface area contributed by atoms with Crippen molar-refractivity contribution < 1.29 is 9.09 Å². The Kier molecular flexibility index (Phi) is 5.55. The van der Waals surface area contributed by atoms with Crippen LogP contribution in [0.4, 0.5) is 0 Å². The van der Waals surface area contributed by atoms with E-state index in [0.29, 0.717) is 11.8 Å². The lowest BCUT2D eigenvalue weighted by Gasteiger charge is -2.20. The van der Waals surface area contributed by atoms with E-state index in [4.69, 9.17) is 4.52 Å². The summed E-state index contributed by atoms with van der Waals surface area (Å²) < 4.78 is 19.2. The first-order chi connectivity index (χ1) is 11.8.